The third-order valence-corrected chi connectivity index (χ3v) is 4.07. The van der Waals surface area contributed by atoms with Gasteiger partial charge in [-0.2, -0.15) is 0 Å². The number of aromatic carboxylic acids is 1. The number of carbonyl (C=O) groups excluding carboxylic acids is 3. The molecule has 0 bridgehead atoms. The van der Waals surface area contributed by atoms with Crippen LogP contribution in [-0.4, -0.2) is 17.8 Å². The fourth-order valence-corrected chi connectivity index (χ4v) is 2.85. The summed E-state index contributed by atoms with van der Waals surface area (Å²) in [5.41, 5.74) is 2.42. The van der Waals surface area contributed by atoms with Crippen molar-refractivity contribution in [1.29, 1.82) is 0 Å². The Kier molecular flexibility index (Phi) is 5.50. The van der Waals surface area contributed by atoms with Crippen molar-refractivity contribution in [1.82, 2.24) is 0 Å². The fraction of sp³-hybridized carbons (Fsp3) is 0.0455. The number of rotatable bonds is 5. The van der Waals surface area contributed by atoms with E-state index in [1.165, 1.54) is 13.0 Å². The number of amides is 2. The molecule has 0 radical (unpaired) electrons. The zero-order chi connectivity index (χ0) is 20.1. The van der Waals surface area contributed by atoms with E-state index in [4.69, 9.17) is 0 Å². The molecule has 6 nitrogen and oxygen atoms in total. The Morgan fingerprint density at radius 2 is 1.14 bits per heavy atom. The molecule has 0 aromatic heterocycles. The molecule has 3 rings (SSSR count). The number of carbonyl (C=O) groups is 3. The van der Waals surface area contributed by atoms with Crippen LogP contribution in [0.3, 0.4) is 0 Å². The number of anilines is 2. The molecule has 2 amide bonds. The SMILES string of the molecule is CC(=O)Nc1ccc(NC(=O)c2ccccc2-c2ccccc2C(=O)[O-])cc1. The van der Waals surface area contributed by atoms with Crippen molar-refractivity contribution >= 4 is 29.2 Å². The van der Waals surface area contributed by atoms with E-state index in [9.17, 15) is 19.5 Å². The summed E-state index contributed by atoms with van der Waals surface area (Å²) in [5.74, 6) is -1.87. The molecule has 0 saturated heterocycles. The molecule has 0 aliphatic carbocycles. The number of benzene rings is 3. The number of carboxylic acids is 1. The van der Waals surface area contributed by atoms with Gasteiger partial charge in [0.05, 0.1) is 5.97 Å². The standard InChI is InChI=1S/C22H18N2O4/c1-14(25)23-15-10-12-16(13-11-15)24-21(26)19-8-4-2-6-17(19)18-7-3-5-9-20(18)22(27)28/h2-13H,1H3,(H,23,25)(H,24,26)(H,27,28)/p-1. The Morgan fingerprint density at radius 1 is 0.679 bits per heavy atom. The van der Waals surface area contributed by atoms with E-state index in [-0.39, 0.29) is 17.4 Å². The van der Waals surface area contributed by atoms with Crippen LogP contribution >= 0.6 is 0 Å². The number of nitrogens with one attached hydrogen (secondary N) is 2. The maximum Gasteiger partial charge on any atom is 0.256 e. The molecule has 0 atom stereocenters. The van der Waals surface area contributed by atoms with Crippen molar-refractivity contribution in [3.05, 3.63) is 83.9 Å². The molecule has 0 fully saturated rings. The second-order valence-corrected chi connectivity index (χ2v) is 6.09. The van der Waals surface area contributed by atoms with Gasteiger partial charge in [0.15, 0.2) is 0 Å². The number of carboxylic acid groups (broad SMARTS) is 1. The average Bonchev–Trinajstić information content (AvgIpc) is 2.69. The first kappa shape index (κ1) is 18.8. The predicted molar refractivity (Wildman–Crippen MR) is 105 cm³/mol. The molecule has 140 valence electrons. The van der Waals surface area contributed by atoms with Crippen molar-refractivity contribution < 1.29 is 19.5 Å². The summed E-state index contributed by atoms with van der Waals surface area (Å²) in [6, 6.07) is 19.8. The predicted octanol–water partition coefficient (Wildman–Crippen LogP) is 2.93. The van der Waals surface area contributed by atoms with E-state index in [2.05, 4.69) is 10.6 Å². The Hall–Kier alpha value is -3.93. The summed E-state index contributed by atoms with van der Waals surface area (Å²) >= 11 is 0. The molecule has 6 heteroatoms. The smallest absolute Gasteiger partial charge is 0.256 e. The van der Waals surface area contributed by atoms with E-state index in [0.717, 1.165) is 0 Å². The molecule has 0 saturated carbocycles. The number of hydrogen-bond donors (Lipinski definition) is 2. The van der Waals surface area contributed by atoms with Gasteiger partial charge in [-0.25, -0.2) is 0 Å². The van der Waals surface area contributed by atoms with E-state index in [1.54, 1.807) is 66.7 Å². The van der Waals surface area contributed by atoms with Gasteiger partial charge in [-0.1, -0.05) is 42.5 Å². The third kappa shape index (κ3) is 4.24. The summed E-state index contributed by atoms with van der Waals surface area (Å²) in [6.07, 6.45) is 0. The summed E-state index contributed by atoms with van der Waals surface area (Å²) in [6.45, 7) is 1.41. The molecule has 28 heavy (non-hydrogen) atoms. The molecule has 2 N–H and O–H groups in total. The molecule has 3 aromatic rings. The summed E-state index contributed by atoms with van der Waals surface area (Å²) in [5, 5.41) is 16.9. The summed E-state index contributed by atoms with van der Waals surface area (Å²) in [4.78, 5) is 35.3. The normalized spacial score (nSPS) is 10.2. The highest BCUT2D eigenvalue weighted by Crippen LogP contribution is 2.27. The summed E-state index contributed by atoms with van der Waals surface area (Å²) in [7, 11) is 0. The van der Waals surface area contributed by atoms with Crippen LogP contribution in [-0.2, 0) is 4.79 Å². The van der Waals surface area contributed by atoms with Gasteiger partial charge in [0, 0.05) is 29.4 Å². The molecule has 0 unspecified atom stereocenters. The van der Waals surface area contributed by atoms with Crippen LogP contribution in [0.25, 0.3) is 11.1 Å². The molecule has 0 spiro atoms. The second kappa shape index (κ2) is 8.18. The molecular weight excluding hydrogens is 356 g/mol. The monoisotopic (exact) mass is 373 g/mol. The van der Waals surface area contributed by atoms with Crippen LogP contribution in [0.1, 0.15) is 27.6 Å². The van der Waals surface area contributed by atoms with Crippen molar-refractivity contribution in [3.63, 3.8) is 0 Å². The Balaban J connectivity index is 1.90. The maximum atomic E-state index is 12.8. The van der Waals surface area contributed by atoms with Crippen molar-refractivity contribution in [3.8, 4) is 11.1 Å². The first-order chi connectivity index (χ1) is 13.5. The van der Waals surface area contributed by atoms with Gasteiger partial charge < -0.3 is 20.5 Å². The molecule has 3 aromatic carbocycles. The van der Waals surface area contributed by atoms with Gasteiger partial charge in [0.2, 0.25) is 5.91 Å². The van der Waals surface area contributed by atoms with Crippen molar-refractivity contribution in [2.75, 3.05) is 10.6 Å². The minimum absolute atomic E-state index is 0.0161. The maximum absolute atomic E-state index is 12.8. The average molecular weight is 373 g/mol. The van der Waals surface area contributed by atoms with Crippen LogP contribution in [0, 0.1) is 0 Å². The minimum Gasteiger partial charge on any atom is -0.545 e. The zero-order valence-corrected chi connectivity index (χ0v) is 15.1. The van der Waals surface area contributed by atoms with Gasteiger partial charge in [-0.05, 0) is 41.5 Å². The van der Waals surface area contributed by atoms with Crippen LogP contribution in [0.15, 0.2) is 72.8 Å². The Bertz CT molecular complexity index is 1040. The molecule has 0 heterocycles. The molecular formula is C22H17N2O4-. The third-order valence-electron chi connectivity index (χ3n) is 4.07. The van der Waals surface area contributed by atoms with E-state index in [0.29, 0.717) is 28.1 Å². The lowest BCUT2D eigenvalue weighted by molar-refractivity contribution is -0.254. The van der Waals surface area contributed by atoms with E-state index >= 15 is 0 Å². The zero-order valence-electron chi connectivity index (χ0n) is 15.1. The first-order valence-electron chi connectivity index (χ1n) is 8.54. The second-order valence-electron chi connectivity index (χ2n) is 6.09. The molecule has 0 aliphatic rings. The van der Waals surface area contributed by atoms with Crippen molar-refractivity contribution in [2.24, 2.45) is 0 Å². The van der Waals surface area contributed by atoms with Crippen LogP contribution < -0.4 is 15.7 Å². The van der Waals surface area contributed by atoms with Crippen molar-refractivity contribution in [2.45, 2.75) is 6.92 Å². The van der Waals surface area contributed by atoms with Crippen LogP contribution in [0.4, 0.5) is 11.4 Å². The quantitative estimate of drug-likeness (QED) is 0.718. The Morgan fingerprint density at radius 3 is 1.68 bits per heavy atom. The minimum atomic E-state index is -1.31. The van der Waals surface area contributed by atoms with E-state index < -0.39 is 5.97 Å². The fourth-order valence-electron chi connectivity index (χ4n) is 2.85. The largest absolute Gasteiger partial charge is 0.545 e. The molecule has 0 aliphatic heterocycles. The Labute approximate surface area is 161 Å². The highest BCUT2D eigenvalue weighted by Gasteiger charge is 2.15. The van der Waals surface area contributed by atoms with Gasteiger partial charge >= 0.3 is 0 Å². The van der Waals surface area contributed by atoms with Crippen LogP contribution in [0.2, 0.25) is 0 Å². The summed E-state index contributed by atoms with van der Waals surface area (Å²) < 4.78 is 0. The van der Waals surface area contributed by atoms with E-state index in [1.807, 2.05) is 0 Å². The van der Waals surface area contributed by atoms with Gasteiger partial charge in [-0.15, -0.1) is 0 Å². The van der Waals surface area contributed by atoms with Gasteiger partial charge in [0.25, 0.3) is 5.91 Å². The lowest BCUT2D eigenvalue weighted by Crippen LogP contribution is -2.23. The topological polar surface area (TPSA) is 98.3 Å². The lowest BCUT2D eigenvalue weighted by Gasteiger charge is -2.14. The lowest BCUT2D eigenvalue weighted by atomic mass is 9.95. The highest BCUT2D eigenvalue weighted by atomic mass is 16.4. The van der Waals surface area contributed by atoms with Crippen LogP contribution in [0.5, 0.6) is 0 Å². The van der Waals surface area contributed by atoms with Gasteiger partial charge in [-0.3, -0.25) is 9.59 Å². The first-order valence-corrected chi connectivity index (χ1v) is 8.54. The highest BCUT2D eigenvalue weighted by molar-refractivity contribution is 6.10. The van der Waals surface area contributed by atoms with Gasteiger partial charge in [0.1, 0.15) is 0 Å². The number of hydrogen-bond acceptors (Lipinski definition) is 4.